The molecule has 4 rings (SSSR count). The zero-order chi connectivity index (χ0) is 29.1. The predicted molar refractivity (Wildman–Crippen MR) is 149 cm³/mol. The lowest BCUT2D eigenvalue weighted by molar-refractivity contribution is -0.132. The zero-order valence-electron chi connectivity index (χ0n) is 23.1. The summed E-state index contributed by atoms with van der Waals surface area (Å²) in [5.74, 6) is -1.27. The van der Waals surface area contributed by atoms with E-state index in [1.807, 2.05) is 6.92 Å². The largest absolute Gasteiger partial charge is 0.507 e. The number of hydrogen-bond donors (Lipinski definition) is 1. The number of carbonyl (C=O) groups is 3. The molecule has 1 aromatic heterocycles. The molecule has 1 amide bonds. The number of aryl methyl sites for hydroxylation is 2. The first-order valence-corrected chi connectivity index (χ1v) is 13.4. The fraction of sp³-hybridized carbons (Fsp3) is 0.310. The van der Waals surface area contributed by atoms with Crippen LogP contribution in [0.3, 0.4) is 0 Å². The van der Waals surface area contributed by atoms with Gasteiger partial charge in [0.05, 0.1) is 44.7 Å². The molecule has 0 bridgehead atoms. The number of methoxy groups -OCH3 is 2. The van der Waals surface area contributed by atoms with Gasteiger partial charge in [0.15, 0.2) is 16.6 Å². The lowest BCUT2D eigenvalue weighted by atomic mass is 9.93. The molecule has 0 saturated carbocycles. The first kappa shape index (κ1) is 28.6. The van der Waals surface area contributed by atoms with E-state index >= 15 is 0 Å². The van der Waals surface area contributed by atoms with Crippen LogP contribution in [0.25, 0.3) is 5.76 Å². The maximum atomic E-state index is 13.6. The molecule has 0 aliphatic carbocycles. The van der Waals surface area contributed by atoms with Gasteiger partial charge in [-0.3, -0.25) is 14.5 Å². The Morgan fingerprint density at radius 1 is 1.02 bits per heavy atom. The van der Waals surface area contributed by atoms with Crippen LogP contribution >= 0.6 is 11.3 Å². The van der Waals surface area contributed by atoms with Crippen molar-refractivity contribution in [3.8, 4) is 17.2 Å². The predicted octanol–water partition coefficient (Wildman–Crippen LogP) is 4.98. The molecule has 1 aliphatic heterocycles. The fourth-order valence-electron chi connectivity index (χ4n) is 4.52. The summed E-state index contributed by atoms with van der Waals surface area (Å²) in [5.41, 5.74) is 1.70. The number of benzene rings is 2. The number of aliphatic hydroxyl groups excluding tert-OH is 1. The summed E-state index contributed by atoms with van der Waals surface area (Å²) in [4.78, 5) is 45.5. The Bertz CT molecular complexity index is 1510. The van der Waals surface area contributed by atoms with E-state index in [0.717, 1.165) is 11.3 Å². The van der Waals surface area contributed by atoms with Crippen LogP contribution < -0.4 is 19.1 Å². The molecular formula is C29H30N2O8S. The van der Waals surface area contributed by atoms with E-state index in [1.54, 1.807) is 57.2 Å². The first-order chi connectivity index (χ1) is 19.2. The van der Waals surface area contributed by atoms with Crippen LogP contribution in [-0.4, -0.2) is 55.2 Å². The molecule has 3 aromatic rings. The molecule has 2 heterocycles. The van der Waals surface area contributed by atoms with Gasteiger partial charge in [0.25, 0.3) is 5.78 Å². The van der Waals surface area contributed by atoms with Crippen LogP contribution in [0.2, 0.25) is 0 Å². The van der Waals surface area contributed by atoms with Gasteiger partial charge in [-0.15, -0.1) is 0 Å². The van der Waals surface area contributed by atoms with Crippen molar-refractivity contribution in [2.24, 2.45) is 0 Å². The molecule has 0 radical (unpaired) electrons. The van der Waals surface area contributed by atoms with Crippen molar-refractivity contribution in [2.45, 2.75) is 33.7 Å². The Labute approximate surface area is 235 Å². The van der Waals surface area contributed by atoms with Gasteiger partial charge >= 0.3 is 11.9 Å². The van der Waals surface area contributed by atoms with Crippen molar-refractivity contribution < 1.29 is 38.4 Å². The number of thiazole rings is 1. The first-order valence-electron chi connectivity index (χ1n) is 12.6. The number of rotatable bonds is 9. The topological polar surface area (TPSA) is 124 Å². The average Bonchev–Trinajstić information content (AvgIpc) is 3.45. The summed E-state index contributed by atoms with van der Waals surface area (Å²) >= 11 is 0.938. The summed E-state index contributed by atoms with van der Waals surface area (Å²) in [6.45, 7) is 7.49. The van der Waals surface area contributed by atoms with Gasteiger partial charge in [-0.05, 0) is 69.2 Å². The Morgan fingerprint density at radius 2 is 1.77 bits per heavy atom. The number of esters is 1. The van der Waals surface area contributed by atoms with Gasteiger partial charge in [-0.2, -0.15) is 0 Å². The van der Waals surface area contributed by atoms with E-state index in [0.29, 0.717) is 46.2 Å². The monoisotopic (exact) mass is 566 g/mol. The van der Waals surface area contributed by atoms with E-state index in [9.17, 15) is 19.5 Å². The molecule has 11 heteroatoms. The number of aliphatic hydroxyl groups is 1. The second-order valence-electron chi connectivity index (χ2n) is 8.82. The lowest BCUT2D eigenvalue weighted by Crippen LogP contribution is -2.29. The van der Waals surface area contributed by atoms with Crippen LogP contribution in [-0.2, 0) is 14.3 Å². The standard InChI is InChI=1S/C29H30N2O8S/c1-7-38-20-12-9-17(14-21(20)37-6)23-22(24(32)19-11-10-18(36-5)13-15(19)3)25(33)27(34)31(23)29-30-16(4)26(40-29)28(35)39-8-2/h9-14,23,32H,7-8H2,1-6H3/b24-22+. The zero-order valence-corrected chi connectivity index (χ0v) is 23.9. The second-order valence-corrected chi connectivity index (χ2v) is 9.80. The summed E-state index contributed by atoms with van der Waals surface area (Å²) < 4.78 is 21.6. The minimum atomic E-state index is -1.08. The van der Waals surface area contributed by atoms with Gasteiger partial charge < -0.3 is 24.1 Å². The van der Waals surface area contributed by atoms with Crippen molar-refractivity contribution in [2.75, 3.05) is 32.3 Å². The summed E-state index contributed by atoms with van der Waals surface area (Å²) in [5, 5.41) is 11.6. The molecule has 1 unspecified atom stereocenters. The molecule has 2 aromatic carbocycles. The number of nitrogens with zero attached hydrogens (tertiary/aromatic N) is 2. The van der Waals surface area contributed by atoms with Crippen LogP contribution in [0.5, 0.6) is 17.2 Å². The highest BCUT2D eigenvalue weighted by atomic mass is 32.1. The maximum Gasteiger partial charge on any atom is 0.350 e. The quantitative estimate of drug-likeness (QED) is 0.165. The summed E-state index contributed by atoms with van der Waals surface area (Å²) in [6.07, 6.45) is 0. The minimum absolute atomic E-state index is 0.117. The van der Waals surface area contributed by atoms with Gasteiger partial charge in [0.2, 0.25) is 0 Å². The van der Waals surface area contributed by atoms with E-state index in [2.05, 4.69) is 4.98 Å². The fourth-order valence-corrected chi connectivity index (χ4v) is 5.51. The SMILES string of the molecule is CCOC(=O)c1sc(N2C(=O)C(=O)/C(=C(/O)c3ccc(OC)cc3C)C2c2ccc(OCC)c(OC)c2)nc1C. The molecule has 210 valence electrons. The van der Waals surface area contributed by atoms with Crippen molar-refractivity contribution in [1.29, 1.82) is 0 Å². The van der Waals surface area contributed by atoms with Crippen LogP contribution in [0.4, 0.5) is 5.13 Å². The van der Waals surface area contributed by atoms with Crippen LogP contribution in [0.1, 0.15) is 51.9 Å². The molecule has 1 N–H and O–H groups in total. The molecular weight excluding hydrogens is 536 g/mol. The summed E-state index contributed by atoms with van der Waals surface area (Å²) in [7, 11) is 3.01. The Hall–Kier alpha value is -4.38. The van der Waals surface area contributed by atoms with Crippen LogP contribution in [0, 0.1) is 13.8 Å². The molecule has 1 atom stereocenters. The number of aromatic nitrogens is 1. The molecule has 1 saturated heterocycles. The number of carbonyl (C=O) groups excluding carboxylic acids is 3. The van der Waals surface area contributed by atoms with Crippen molar-refractivity contribution in [1.82, 2.24) is 4.98 Å². The number of hydrogen-bond acceptors (Lipinski definition) is 10. The highest BCUT2D eigenvalue weighted by Crippen LogP contribution is 2.46. The molecule has 1 aliphatic rings. The normalized spacial score (nSPS) is 16.2. The molecule has 40 heavy (non-hydrogen) atoms. The summed E-state index contributed by atoms with van der Waals surface area (Å²) in [6, 6.07) is 8.94. The highest BCUT2D eigenvalue weighted by Gasteiger charge is 2.48. The number of ether oxygens (including phenoxy) is 4. The number of amides is 1. The van der Waals surface area contributed by atoms with Gasteiger partial charge in [0.1, 0.15) is 16.4 Å². The molecule has 0 spiro atoms. The van der Waals surface area contributed by atoms with Gasteiger partial charge in [-0.25, -0.2) is 9.78 Å². The third kappa shape index (κ3) is 5.12. The maximum absolute atomic E-state index is 13.6. The smallest absolute Gasteiger partial charge is 0.350 e. The average molecular weight is 567 g/mol. The second kappa shape index (κ2) is 11.8. The molecule has 1 fully saturated rings. The molecule has 10 nitrogen and oxygen atoms in total. The highest BCUT2D eigenvalue weighted by molar-refractivity contribution is 7.17. The van der Waals surface area contributed by atoms with Crippen molar-refractivity contribution in [3.05, 3.63) is 69.2 Å². The van der Waals surface area contributed by atoms with E-state index in [4.69, 9.17) is 18.9 Å². The third-order valence-corrected chi connectivity index (χ3v) is 7.53. The van der Waals surface area contributed by atoms with E-state index < -0.39 is 23.7 Å². The van der Waals surface area contributed by atoms with Gasteiger partial charge in [-0.1, -0.05) is 17.4 Å². The third-order valence-electron chi connectivity index (χ3n) is 6.39. The minimum Gasteiger partial charge on any atom is -0.507 e. The Kier molecular flexibility index (Phi) is 8.43. The lowest BCUT2D eigenvalue weighted by Gasteiger charge is -2.24. The Morgan fingerprint density at radius 3 is 2.40 bits per heavy atom. The van der Waals surface area contributed by atoms with Crippen molar-refractivity contribution in [3.63, 3.8) is 0 Å². The van der Waals surface area contributed by atoms with E-state index in [1.165, 1.54) is 19.1 Å². The number of ketones is 1. The van der Waals surface area contributed by atoms with Crippen LogP contribution in [0.15, 0.2) is 42.0 Å². The van der Waals surface area contributed by atoms with Gasteiger partial charge in [0, 0.05) is 5.56 Å². The van der Waals surface area contributed by atoms with E-state index in [-0.39, 0.29) is 27.9 Å². The number of anilines is 1. The Balaban J connectivity index is 1.96. The van der Waals surface area contributed by atoms with Crippen molar-refractivity contribution >= 4 is 39.9 Å². The number of Topliss-reactive ketones (excluding diaryl/α,β-unsaturated/α-hetero) is 1.